The Morgan fingerprint density at radius 2 is 1.79 bits per heavy atom. The van der Waals surface area contributed by atoms with Gasteiger partial charge in [-0.25, -0.2) is 4.39 Å². The summed E-state index contributed by atoms with van der Waals surface area (Å²) in [6.45, 7) is 3.61. The maximum absolute atomic E-state index is 14.0. The summed E-state index contributed by atoms with van der Waals surface area (Å²) in [6.07, 6.45) is 0. The smallest absolute Gasteiger partial charge is 0.269 e. The van der Waals surface area contributed by atoms with Gasteiger partial charge in [-0.1, -0.05) is 35.9 Å². The van der Waals surface area contributed by atoms with E-state index in [9.17, 15) is 18.8 Å². The van der Waals surface area contributed by atoms with E-state index in [1.807, 2.05) is 50.2 Å². The fourth-order valence-electron chi connectivity index (χ4n) is 4.51. The number of carbonyl (C=O) groups is 3. The van der Waals surface area contributed by atoms with Gasteiger partial charge in [-0.15, -0.1) is 11.8 Å². The molecule has 0 aliphatic carbocycles. The highest BCUT2D eigenvalue weighted by atomic mass is 32.2. The van der Waals surface area contributed by atoms with Crippen molar-refractivity contribution in [2.75, 3.05) is 27.4 Å². The fraction of sp³-hybridized carbons (Fsp3) is 0.192. The zero-order chi connectivity index (χ0) is 24.0. The molecule has 1 saturated heterocycles. The first-order chi connectivity index (χ1) is 16.3. The van der Waals surface area contributed by atoms with Crippen LogP contribution in [-0.2, 0) is 19.3 Å². The minimum atomic E-state index is -1.35. The van der Waals surface area contributed by atoms with Crippen LogP contribution in [0.5, 0.6) is 0 Å². The molecule has 34 heavy (non-hydrogen) atoms. The van der Waals surface area contributed by atoms with Crippen LogP contribution < -0.4 is 15.1 Å². The molecular formula is C26H22FN3O3S. The van der Waals surface area contributed by atoms with E-state index < -0.39 is 10.7 Å². The number of carbonyl (C=O) groups excluding carboxylic acids is 3. The highest BCUT2D eigenvalue weighted by Crippen LogP contribution is 2.55. The summed E-state index contributed by atoms with van der Waals surface area (Å²) < 4.78 is 13.6. The zero-order valence-electron chi connectivity index (χ0n) is 18.7. The molecule has 2 aliphatic heterocycles. The van der Waals surface area contributed by atoms with Crippen LogP contribution in [-0.4, -0.2) is 30.0 Å². The van der Waals surface area contributed by atoms with Gasteiger partial charge in [0, 0.05) is 16.9 Å². The number of hydrogen-bond acceptors (Lipinski definition) is 4. The van der Waals surface area contributed by atoms with Crippen molar-refractivity contribution in [3.63, 3.8) is 0 Å². The molecule has 1 atom stereocenters. The van der Waals surface area contributed by atoms with Gasteiger partial charge in [0.1, 0.15) is 12.4 Å². The number of benzene rings is 3. The standard InChI is InChI=1S/C26H22FN3O3S/c1-16-7-12-22-20(13-16)26(30(24(32)15-34-26)19-10-8-18(27)9-11-19)25(33)29(22)14-23(31)28-21-6-4-3-5-17(21)2/h3-13H,14-15H2,1-2H3,(H,28,31)/t26-/m0/s1. The summed E-state index contributed by atoms with van der Waals surface area (Å²) in [5, 5.41) is 2.87. The molecule has 3 amide bonds. The second kappa shape index (κ2) is 8.29. The first kappa shape index (κ1) is 22.2. The van der Waals surface area contributed by atoms with E-state index in [1.165, 1.54) is 45.8 Å². The van der Waals surface area contributed by atoms with Crippen LogP contribution in [0.3, 0.4) is 0 Å². The maximum atomic E-state index is 14.0. The number of anilines is 3. The minimum absolute atomic E-state index is 0.0970. The Morgan fingerprint density at radius 1 is 1.06 bits per heavy atom. The summed E-state index contributed by atoms with van der Waals surface area (Å²) in [4.78, 5) is 41.5. The zero-order valence-corrected chi connectivity index (χ0v) is 19.5. The van der Waals surface area contributed by atoms with Gasteiger partial charge >= 0.3 is 0 Å². The first-order valence-electron chi connectivity index (χ1n) is 10.8. The normalized spacial score (nSPS) is 19.1. The van der Waals surface area contributed by atoms with E-state index in [2.05, 4.69) is 5.32 Å². The van der Waals surface area contributed by atoms with Gasteiger partial charge in [-0.2, -0.15) is 0 Å². The number of aryl methyl sites for hydroxylation is 2. The van der Waals surface area contributed by atoms with Gasteiger partial charge in [0.05, 0.1) is 11.4 Å². The molecule has 0 bridgehead atoms. The van der Waals surface area contributed by atoms with Crippen molar-refractivity contribution in [1.29, 1.82) is 0 Å². The number of fused-ring (bicyclic) bond motifs is 2. The molecule has 1 N–H and O–H groups in total. The van der Waals surface area contributed by atoms with Crippen molar-refractivity contribution in [1.82, 2.24) is 0 Å². The van der Waals surface area contributed by atoms with Crippen LogP contribution in [0.4, 0.5) is 21.5 Å². The number of amides is 3. The van der Waals surface area contributed by atoms with Crippen LogP contribution in [0.25, 0.3) is 0 Å². The Hall–Kier alpha value is -3.65. The maximum Gasteiger partial charge on any atom is 0.269 e. The molecule has 0 radical (unpaired) electrons. The minimum Gasteiger partial charge on any atom is -0.324 e. The van der Waals surface area contributed by atoms with Gasteiger partial charge in [-0.05, 0) is 55.8 Å². The molecule has 0 saturated carbocycles. The molecule has 3 aromatic carbocycles. The number of rotatable bonds is 4. The number of nitrogens with zero attached hydrogens (tertiary/aromatic N) is 2. The first-order valence-corrected chi connectivity index (χ1v) is 11.8. The van der Waals surface area contributed by atoms with Gasteiger partial charge in [0.2, 0.25) is 16.7 Å². The van der Waals surface area contributed by atoms with Crippen LogP contribution >= 0.6 is 11.8 Å². The molecule has 1 fully saturated rings. The van der Waals surface area contributed by atoms with Crippen molar-refractivity contribution in [3.8, 4) is 0 Å². The van der Waals surface area contributed by atoms with Crippen molar-refractivity contribution < 1.29 is 18.8 Å². The fourth-order valence-corrected chi connectivity index (χ4v) is 5.86. The van der Waals surface area contributed by atoms with Gasteiger partial charge < -0.3 is 5.32 Å². The van der Waals surface area contributed by atoms with E-state index >= 15 is 0 Å². The average molecular weight is 476 g/mol. The quantitative estimate of drug-likeness (QED) is 0.609. The third-order valence-corrected chi connectivity index (χ3v) is 7.50. The predicted octanol–water partition coefficient (Wildman–Crippen LogP) is 4.36. The van der Waals surface area contributed by atoms with Crippen molar-refractivity contribution in [2.24, 2.45) is 0 Å². The van der Waals surface area contributed by atoms with E-state index in [4.69, 9.17) is 0 Å². The Morgan fingerprint density at radius 3 is 2.53 bits per heavy atom. The Kier molecular flexibility index (Phi) is 5.40. The Labute approximate surface area is 200 Å². The highest BCUT2D eigenvalue weighted by molar-refractivity contribution is 8.02. The van der Waals surface area contributed by atoms with E-state index in [-0.39, 0.29) is 30.0 Å². The van der Waals surface area contributed by atoms with Crippen LogP contribution in [0, 0.1) is 19.7 Å². The highest BCUT2D eigenvalue weighted by Gasteiger charge is 2.61. The van der Waals surface area contributed by atoms with Crippen LogP contribution in [0.2, 0.25) is 0 Å². The lowest BCUT2D eigenvalue weighted by molar-refractivity contribution is -0.124. The SMILES string of the molecule is Cc1ccc2c(c1)[C@]1(SCC(=O)N1c1ccc(F)cc1)C(=O)N2CC(=O)Nc1ccccc1C. The molecule has 172 valence electrons. The molecule has 2 aliphatic rings. The van der Waals surface area contributed by atoms with Gasteiger partial charge in [0.15, 0.2) is 0 Å². The average Bonchev–Trinajstić information content (AvgIpc) is 3.27. The van der Waals surface area contributed by atoms with E-state index in [0.717, 1.165) is 11.1 Å². The second-order valence-electron chi connectivity index (χ2n) is 8.41. The molecule has 3 aromatic rings. The molecule has 0 unspecified atom stereocenters. The van der Waals surface area contributed by atoms with Crippen molar-refractivity contribution in [2.45, 2.75) is 18.7 Å². The molecule has 2 heterocycles. The Bertz CT molecular complexity index is 1330. The monoisotopic (exact) mass is 475 g/mol. The van der Waals surface area contributed by atoms with Gasteiger partial charge in [0.25, 0.3) is 5.91 Å². The molecule has 1 spiro atoms. The van der Waals surface area contributed by atoms with Crippen LogP contribution in [0.1, 0.15) is 16.7 Å². The third kappa shape index (κ3) is 3.45. The van der Waals surface area contributed by atoms with E-state index in [0.29, 0.717) is 22.6 Å². The Balaban J connectivity index is 1.55. The number of halogens is 1. The van der Waals surface area contributed by atoms with E-state index in [1.54, 1.807) is 6.07 Å². The second-order valence-corrected chi connectivity index (χ2v) is 9.58. The van der Waals surface area contributed by atoms with Crippen molar-refractivity contribution >= 4 is 46.5 Å². The summed E-state index contributed by atoms with van der Waals surface area (Å²) in [5.74, 6) is -1.29. The molecule has 0 aromatic heterocycles. The number of hydrogen-bond donors (Lipinski definition) is 1. The lowest BCUT2D eigenvalue weighted by atomic mass is 10.0. The van der Waals surface area contributed by atoms with Crippen LogP contribution in [0.15, 0.2) is 66.7 Å². The lowest BCUT2D eigenvalue weighted by Gasteiger charge is -2.33. The number of nitrogens with one attached hydrogen (secondary N) is 1. The summed E-state index contributed by atoms with van der Waals surface area (Å²) in [5.41, 5.74) is 4.19. The number of thioether (sulfide) groups is 1. The molecular weight excluding hydrogens is 453 g/mol. The molecule has 6 nitrogen and oxygen atoms in total. The molecule has 5 rings (SSSR count). The predicted molar refractivity (Wildman–Crippen MR) is 131 cm³/mol. The summed E-state index contributed by atoms with van der Waals surface area (Å²) >= 11 is 1.22. The largest absolute Gasteiger partial charge is 0.324 e. The third-order valence-electron chi connectivity index (χ3n) is 6.12. The van der Waals surface area contributed by atoms with Crippen molar-refractivity contribution in [3.05, 3.63) is 89.2 Å². The molecule has 8 heteroatoms. The lowest BCUT2D eigenvalue weighted by Crippen LogP contribution is -2.50. The number of para-hydroxylation sites is 1. The summed E-state index contributed by atoms with van der Waals surface area (Å²) in [6, 6.07) is 18.5. The summed E-state index contributed by atoms with van der Waals surface area (Å²) in [7, 11) is 0. The topological polar surface area (TPSA) is 69.7 Å². The van der Waals surface area contributed by atoms with Gasteiger partial charge in [-0.3, -0.25) is 24.2 Å².